The molecule has 0 spiro atoms. The molecule has 1 unspecified atom stereocenters. The summed E-state index contributed by atoms with van der Waals surface area (Å²) >= 11 is 5.80. The van der Waals surface area contributed by atoms with Crippen molar-refractivity contribution in [2.45, 2.75) is 24.3 Å². The summed E-state index contributed by atoms with van der Waals surface area (Å²) in [5.41, 5.74) is 1.02. The van der Waals surface area contributed by atoms with E-state index in [2.05, 4.69) is 14.9 Å². The zero-order valence-corrected chi connectivity index (χ0v) is 11.9. The fourth-order valence-corrected chi connectivity index (χ4v) is 3.01. The number of H-pyrrole nitrogens is 1. The lowest BCUT2D eigenvalue weighted by atomic mass is 10.1. The molecule has 2 N–H and O–H groups in total. The fourth-order valence-electron chi connectivity index (χ4n) is 1.73. The summed E-state index contributed by atoms with van der Waals surface area (Å²) in [5, 5.41) is 6.77. The third-order valence-electron chi connectivity index (χ3n) is 2.59. The summed E-state index contributed by atoms with van der Waals surface area (Å²) in [6, 6.07) is 7.11. The van der Waals surface area contributed by atoms with Crippen LogP contribution < -0.4 is 4.72 Å². The Morgan fingerprint density at radius 1 is 1.37 bits per heavy atom. The van der Waals surface area contributed by atoms with Crippen LogP contribution in [0.25, 0.3) is 0 Å². The Hall–Kier alpha value is -1.37. The molecule has 1 heterocycles. The van der Waals surface area contributed by atoms with Crippen LogP contribution >= 0.6 is 11.6 Å². The van der Waals surface area contributed by atoms with Crippen LogP contribution in [-0.2, 0) is 16.4 Å². The van der Waals surface area contributed by atoms with Crippen molar-refractivity contribution in [2.24, 2.45) is 0 Å². The van der Waals surface area contributed by atoms with E-state index in [4.69, 9.17) is 11.6 Å². The largest absolute Gasteiger partial charge is 0.284 e. The van der Waals surface area contributed by atoms with Gasteiger partial charge in [0.25, 0.3) is 0 Å². The maximum Gasteiger partial charge on any atom is 0.243 e. The zero-order valence-electron chi connectivity index (χ0n) is 10.3. The van der Waals surface area contributed by atoms with Gasteiger partial charge in [-0.15, -0.1) is 0 Å². The van der Waals surface area contributed by atoms with Gasteiger partial charge in [-0.2, -0.15) is 5.10 Å². The number of halogens is 1. The number of nitrogens with zero attached hydrogens (tertiary/aromatic N) is 1. The van der Waals surface area contributed by atoms with Gasteiger partial charge in [0, 0.05) is 17.3 Å². The van der Waals surface area contributed by atoms with Crippen molar-refractivity contribution in [3.05, 3.63) is 47.2 Å². The Morgan fingerprint density at radius 2 is 2.05 bits per heavy atom. The van der Waals surface area contributed by atoms with Gasteiger partial charge in [-0.3, -0.25) is 5.10 Å². The first-order valence-corrected chi connectivity index (χ1v) is 7.59. The molecule has 5 nitrogen and oxygen atoms in total. The van der Waals surface area contributed by atoms with E-state index >= 15 is 0 Å². The van der Waals surface area contributed by atoms with Crippen LogP contribution in [0.1, 0.15) is 12.5 Å². The second-order valence-electron chi connectivity index (χ2n) is 4.29. The lowest BCUT2D eigenvalue weighted by Gasteiger charge is -2.13. The molecule has 0 aliphatic rings. The molecule has 0 fully saturated rings. The minimum Gasteiger partial charge on any atom is -0.284 e. The second-order valence-corrected chi connectivity index (χ2v) is 6.44. The summed E-state index contributed by atoms with van der Waals surface area (Å²) in [4.78, 5) is 0.135. The van der Waals surface area contributed by atoms with Gasteiger partial charge in [0.2, 0.25) is 10.0 Å². The number of hydrogen-bond acceptors (Lipinski definition) is 3. The van der Waals surface area contributed by atoms with Crippen LogP contribution in [0.3, 0.4) is 0 Å². The molecule has 102 valence electrons. The van der Waals surface area contributed by atoms with Crippen molar-refractivity contribution >= 4 is 21.6 Å². The highest BCUT2D eigenvalue weighted by molar-refractivity contribution is 7.89. The summed E-state index contributed by atoms with van der Waals surface area (Å²) in [6.07, 6.45) is 3.21. The van der Waals surface area contributed by atoms with E-state index < -0.39 is 10.0 Å². The summed E-state index contributed by atoms with van der Waals surface area (Å²) in [7, 11) is -3.51. The van der Waals surface area contributed by atoms with Gasteiger partial charge in [-0.25, -0.2) is 13.1 Å². The molecule has 1 aromatic heterocycles. The smallest absolute Gasteiger partial charge is 0.243 e. The number of benzene rings is 1. The van der Waals surface area contributed by atoms with Gasteiger partial charge in [-0.1, -0.05) is 23.7 Å². The SMILES string of the molecule is CC(Cc1ccc(Cl)cc1)NS(=O)(=O)c1cn[nH]c1. The van der Waals surface area contributed by atoms with E-state index in [-0.39, 0.29) is 10.9 Å². The molecular formula is C12H14ClN3O2S. The predicted molar refractivity (Wildman–Crippen MR) is 73.5 cm³/mol. The first kappa shape index (κ1) is 14.0. The van der Waals surface area contributed by atoms with Crippen LogP contribution in [0, 0.1) is 0 Å². The van der Waals surface area contributed by atoms with Gasteiger partial charge >= 0.3 is 0 Å². The van der Waals surface area contributed by atoms with Crippen molar-refractivity contribution in [1.29, 1.82) is 0 Å². The molecule has 0 amide bonds. The normalized spacial score (nSPS) is 13.4. The van der Waals surface area contributed by atoms with Gasteiger partial charge in [0.1, 0.15) is 4.90 Å². The predicted octanol–water partition coefficient (Wildman–Crippen LogP) is 1.97. The maximum absolute atomic E-state index is 12.0. The minimum absolute atomic E-state index is 0.135. The number of aromatic nitrogens is 2. The van der Waals surface area contributed by atoms with E-state index in [0.29, 0.717) is 11.4 Å². The van der Waals surface area contributed by atoms with Crippen LogP contribution in [0.4, 0.5) is 0 Å². The van der Waals surface area contributed by atoms with Gasteiger partial charge < -0.3 is 0 Å². The lowest BCUT2D eigenvalue weighted by Crippen LogP contribution is -2.33. The molecule has 0 bridgehead atoms. The Labute approximate surface area is 117 Å². The van der Waals surface area contributed by atoms with Crippen LogP contribution in [0.2, 0.25) is 5.02 Å². The maximum atomic E-state index is 12.0. The van der Waals surface area contributed by atoms with Crippen molar-refractivity contribution in [2.75, 3.05) is 0 Å². The Morgan fingerprint density at radius 3 is 2.63 bits per heavy atom. The molecule has 19 heavy (non-hydrogen) atoms. The first-order chi connectivity index (χ1) is 8.97. The molecule has 1 atom stereocenters. The Balaban J connectivity index is 2.02. The highest BCUT2D eigenvalue weighted by atomic mass is 35.5. The molecule has 0 saturated heterocycles. The van der Waals surface area contributed by atoms with Crippen molar-refractivity contribution in [3.8, 4) is 0 Å². The van der Waals surface area contributed by atoms with Gasteiger partial charge in [0.05, 0.1) is 6.20 Å². The molecule has 7 heteroatoms. The zero-order chi connectivity index (χ0) is 13.9. The number of aromatic amines is 1. The molecule has 2 aromatic rings. The number of nitrogens with one attached hydrogen (secondary N) is 2. The first-order valence-electron chi connectivity index (χ1n) is 5.73. The van der Waals surface area contributed by atoms with Crippen molar-refractivity contribution < 1.29 is 8.42 Å². The van der Waals surface area contributed by atoms with Crippen LogP contribution in [-0.4, -0.2) is 24.7 Å². The van der Waals surface area contributed by atoms with Crippen LogP contribution in [0.5, 0.6) is 0 Å². The summed E-state index contributed by atoms with van der Waals surface area (Å²) in [5.74, 6) is 0. The molecule has 0 aliphatic heterocycles. The highest BCUT2D eigenvalue weighted by Crippen LogP contribution is 2.12. The molecule has 0 saturated carbocycles. The third-order valence-corrected chi connectivity index (χ3v) is 4.40. The highest BCUT2D eigenvalue weighted by Gasteiger charge is 2.18. The molecular weight excluding hydrogens is 286 g/mol. The van der Waals surface area contributed by atoms with Crippen molar-refractivity contribution in [3.63, 3.8) is 0 Å². The average Bonchev–Trinajstić information content (AvgIpc) is 2.85. The fraction of sp³-hybridized carbons (Fsp3) is 0.250. The standard InChI is InChI=1S/C12H14ClN3O2S/c1-9(6-10-2-4-11(13)5-3-10)16-19(17,18)12-7-14-15-8-12/h2-5,7-9,16H,6H2,1H3,(H,14,15). The number of rotatable bonds is 5. The van der Waals surface area contributed by atoms with E-state index in [1.807, 2.05) is 19.1 Å². The quantitative estimate of drug-likeness (QED) is 0.886. The average molecular weight is 300 g/mol. The van der Waals surface area contributed by atoms with E-state index in [0.717, 1.165) is 5.56 Å². The molecule has 2 rings (SSSR count). The second kappa shape index (κ2) is 5.73. The monoisotopic (exact) mass is 299 g/mol. The number of hydrogen-bond donors (Lipinski definition) is 2. The van der Waals surface area contributed by atoms with E-state index in [9.17, 15) is 8.42 Å². The third kappa shape index (κ3) is 3.79. The van der Waals surface area contributed by atoms with Gasteiger partial charge in [-0.05, 0) is 31.0 Å². The van der Waals surface area contributed by atoms with Crippen molar-refractivity contribution in [1.82, 2.24) is 14.9 Å². The van der Waals surface area contributed by atoms with Crippen LogP contribution in [0.15, 0.2) is 41.6 Å². The minimum atomic E-state index is -3.51. The molecule has 1 aromatic carbocycles. The molecule has 0 radical (unpaired) electrons. The molecule has 0 aliphatic carbocycles. The lowest BCUT2D eigenvalue weighted by molar-refractivity contribution is 0.560. The number of sulfonamides is 1. The topological polar surface area (TPSA) is 74.8 Å². The summed E-state index contributed by atoms with van der Waals surface area (Å²) in [6.45, 7) is 1.81. The Kier molecular flexibility index (Phi) is 4.24. The Bertz CT molecular complexity index is 624. The summed E-state index contributed by atoms with van der Waals surface area (Å²) < 4.78 is 26.5. The van der Waals surface area contributed by atoms with E-state index in [1.54, 1.807) is 12.1 Å². The van der Waals surface area contributed by atoms with Gasteiger partial charge in [0.15, 0.2) is 0 Å². The van der Waals surface area contributed by atoms with E-state index in [1.165, 1.54) is 12.4 Å².